The van der Waals surface area contributed by atoms with E-state index in [9.17, 15) is 0 Å². The molecular formula is C11H14O. The van der Waals surface area contributed by atoms with Crippen molar-refractivity contribution in [2.75, 3.05) is 0 Å². The number of furan rings is 1. The van der Waals surface area contributed by atoms with Gasteiger partial charge in [-0.3, -0.25) is 0 Å². The van der Waals surface area contributed by atoms with Gasteiger partial charge in [0.15, 0.2) is 0 Å². The molecule has 2 rings (SSSR count). The van der Waals surface area contributed by atoms with Crippen molar-refractivity contribution in [1.82, 2.24) is 0 Å². The van der Waals surface area contributed by atoms with Gasteiger partial charge in [-0.15, -0.1) is 0 Å². The van der Waals surface area contributed by atoms with Gasteiger partial charge in [-0.2, -0.15) is 0 Å². The molecule has 0 aromatic carbocycles. The quantitative estimate of drug-likeness (QED) is 0.618. The monoisotopic (exact) mass is 162 g/mol. The molecule has 0 bridgehead atoms. The Bertz CT molecular complexity index is 307. The van der Waals surface area contributed by atoms with Crippen LogP contribution in [0.2, 0.25) is 0 Å². The first-order valence-corrected chi connectivity index (χ1v) is 4.56. The molecule has 0 saturated heterocycles. The van der Waals surface area contributed by atoms with Crippen LogP contribution in [0.15, 0.2) is 11.0 Å². The molecule has 1 heteroatoms. The highest BCUT2D eigenvalue weighted by Crippen LogP contribution is 2.29. The lowest BCUT2D eigenvalue weighted by atomic mass is 9.95. The van der Waals surface area contributed by atoms with E-state index >= 15 is 0 Å². The SMILES string of the molecule is C=Cc1c(C)oc2c1CCCC2. The van der Waals surface area contributed by atoms with Crippen molar-refractivity contribution in [3.05, 3.63) is 29.2 Å². The Morgan fingerprint density at radius 2 is 2.08 bits per heavy atom. The third kappa shape index (κ3) is 1.01. The van der Waals surface area contributed by atoms with Gasteiger partial charge in [0.2, 0.25) is 0 Å². The number of hydrogen-bond acceptors (Lipinski definition) is 1. The van der Waals surface area contributed by atoms with E-state index in [1.165, 1.54) is 36.1 Å². The van der Waals surface area contributed by atoms with Crippen LogP contribution in [0.25, 0.3) is 6.08 Å². The summed E-state index contributed by atoms with van der Waals surface area (Å²) in [5.41, 5.74) is 2.65. The Morgan fingerprint density at radius 1 is 1.33 bits per heavy atom. The van der Waals surface area contributed by atoms with E-state index < -0.39 is 0 Å². The van der Waals surface area contributed by atoms with Crippen LogP contribution in [-0.2, 0) is 12.8 Å². The molecule has 1 aliphatic carbocycles. The minimum absolute atomic E-state index is 1.04. The lowest BCUT2D eigenvalue weighted by molar-refractivity contribution is 0.458. The number of fused-ring (bicyclic) bond motifs is 1. The second-order valence-corrected chi connectivity index (χ2v) is 3.38. The van der Waals surface area contributed by atoms with Crippen LogP contribution in [0, 0.1) is 6.92 Å². The molecule has 0 unspecified atom stereocenters. The van der Waals surface area contributed by atoms with Gasteiger partial charge in [0, 0.05) is 17.5 Å². The maximum Gasteiger partial charge on any atom is 0.108 e. The zero-order valence-corrected chi connectivity index (χ0v) is 7.52. The van der Waals surface area contributed by atoms with Crippen molar-refractivity contribution < 1.29 is 4.42 Å². The zero-order valence-electron chi connectivity index (χ0n) is 7.52. The first-order valence-electron chi connectivity index (χ1n) is 4.56. The van der Waals surface area contributed by atoms with Crippen molar-refractivity contribution in [2.24, 2.45) is 0 Å². The van der Waals surface area contributed by atoms with Crippen LogP contribution >= 0.6 is 0 Å². The second kappa shape index (κ2) is 2.81. The van der Waals surface area contributed by atoms with Crippen molar-refractivity contribution in [1.29, 1.82) is 0 Å². The molecule has 1 heterocycles. The standard InChI is InChI=1S/C11H14O/c1-3-9-8(2)12-11-7-5-4-6-10(9)11/h3H,1,4-7H2,2H3. The molecule has 0 atom stereocenters. The summed E-state index contributed by atoms with van der Waals surface area (Å²) in [5.74, 6) is 2.24. The average molecular weight is 162 g/mol. The van der Waals surface area contributed by atoms with Crippen LogP contribution in [0.4, 0.5) is 0 Å². The van der Waals surface area contributed by atoms with Gasteiger partial charge >= 0.3 is 0 Å². The normalized spacial score (nSPS) is 15.8. The fourth-order valence-corrected chi connectivity index (χ4v) is 1.99. The fraction of sp³-hybridized carbons (Fsp3) is 0.455. The molecule has 0 spiro atoms. The lowest BCUT2D eigenvalue weighted by Crippen LogP contribution is -1.99. The van der Waals surface area contributed by atoms with E-state index in [-0.39, 0.29) is 0 Å². The fourth-order valence-electron chi connectivity index (χ4n) is 1.99. The third-order valence-electron chi connectivity index (χ3n) is 2.60. The first kappa shape index (κ1) is 7.66. The Labute approximate surface area is 73.1 Å². The van der Waals surface area contributed by atoms with E-state index in [1.807, 2.05) is 13.0 Å². The Balaban J connectivity index is 2.53. The topological polar surface area (TPSA) is 13.1 Å². The molecule has 64 valence electrons. The highest BCUT2D eigenvalue weighted by atomic mass is 16.3. The molecule has 1 aliphatic rings. The summed E-state index contributed by atoms with van der Waals surface area (Å²) in [4.78, 5) is 0. The highest BCUT2D eigenvalue weighted by Gasteiger charge is 2.18. The van der Waals surface area contributed by atoms with Crippen LogP contribution in [0.1, 0.15) is 35.5 Å². The van der Waals surface area contributed by atoms with Crippen LogP contribution in [-0.4, -0.2) is 0 Å². The maximum absolute atomic E-state index is 5.66. The number of hydrogen-bond donors (Lipinski definition) is 0. The third-order valence-corrected chi connectivity index (χ3v) is 2.60. The van der Waals surface area contributed by atoms with Crippen molar-refractivity contribution >= 4 is 6.08 Å². The molecule has 0 fully saturated rings. The summed E-state index contributed by atoms with van der Waals surface area (Å²) in [6, 6.07) is 0. The van der Waals surface area contributed by atoms with Gasteiger partial charge in [-0.1, -0.05) is 12.7 Å². The molecule has 0 radical (unpaired) electrons. The number of rotatable bonds is 1. The van der Waals surface area contributed by atoms with Crippen LogP contribution < -0.4 is 0 Å². The second-order valence-electron chi connectivity index (χ2n) is 3.38. The summed E-state index contributed by atoms with van der Waals surface area (Å²) < 4.78 is 5.66. The molecule has 0 amide bonds. The molecule has 1 aromatic rings. The maximum atomic E-state index is 5.66. The molecule has 0 aliphatic heterocycles. The predicted molar refractivity (Wildman–Crippen MR) is 50.2 cm³/mol. The minimum Gasteiger partial charge on any atom is -0.465 e. The summed E-state index contributed by atoms with van der Waals surface area (Å²) in [6.45, 7) is 5.84. The van der Waals surface area contributed by atoms with E-state index in [0.29, 0.717) is 0 Å². The van der Waals surface area contributed by atoms with Crippen molar-refractivity contribution in [3.8, 4) is 0 Å². The predicted octanol–water partition coefficient (Wildman–Crippen LogP) is 3.11. The summed E-state index contributed by atoms with van der Waals surface area (Å²) >= 11 is 0. The lowest BCUT2D eigenvalue weighted by Gasteiger charge is -2.08. The largest absolute Gasteiger partial charge is 0.465 e. The summed E-state index contributed by atoms with van der Waals surface area (Å²) in [7, 11) is 0. The van der Waals surface area contributed by atoms with E-state index in [4.69, 9.17) is 4.42 Å². The van der Waals surface area contributed by atoms with Gasteiger partial charge < -0.3 is 4.42 Å². The van der Waals surface area contributed by atoms with Gasteiger partial charge in [-0.25, -0.2) is 0 Å². The van der Waals surface area contributed by atoms with Gasteiger partial charge in [0.05, 0.1) is 0 Å². The summed E-state index contributed by atoms with van der Waals surface area (Å²) in [5, 5.41) is 0. The molecule has 12 heavy (non-hydrogen) atoms. The minimum atomic E-state index is 1.04. The van der Waals surface area contributed by atoms with Crippen molar-refractivity contribution in [3.63, 3.8) is 0 Å². The Morgan fingerprint density at radius 3 is 2.83 bits per heavy atom. The van der Waals surface area contributed by atoms with Gasteiger partial charge in [0.25, 0.3) is 0 Å². The van der Waals surface area contributed by atoms with Gasteiger partial charge in [-0.05, 0) is 26.2 Å². The molecule has 1 aromatic heterocycles. The molecular weight excluding hydrogens is 148 g/mol. The van der Waals surface area contributed by atoms with Gasteiger partial charge in [0.1, 0.15) is 11.5 Å². The molecule has 0 N–H and O–H groups in total. The average Bonchev–Trinajstić information content (AvgIpc) is 2.40. The molecule has 1 nitrogen and oxygen atoms in total. The van der Waals surface area contributed by atoms with E-state index in [0.717, 1.165) is 12.2 Å². The highest BCUT2D eigenvalue weighted by molar-refractivity contribution is 5.55. The summed E-state index contributed by atoms with van der Waals surface area (Å²) in [6.07, 6.45) is 6.78. The van der Waals surface area contributed by atoms with Crippen LogP contribution in [0.3, 0.4) is 0 Å². The van der Waals surface area contributed by atoms with E-state index in [2.05, 4.69) is 6.58 Å². The smallest absolute Gasteiger partial charge is 0.108 e. The number of aryl methyl sites for hydroxylation is 2. The first-order chi connectivity index (χ1) is 5.83. The van der Waals surface area contributed by atoms with Crippen molar-refractivity contribution in [2.45, 2.75) is 32.6 Å². The zero-order chi connectivity index (χ0) is 8.55. The van der Waals surface area contributed by atoms with E-state index in [1.54, 1.807) is 0 Å². The molecule has 0 saturated carbocycles. The Hall–Kier alpha value is -0.980. The Kier molecular flexibility index (Phi) is 1.80. The van der Waals surface area contributed by atoms with Crippen LogP contribution in [0.5, 0.6) is 0 Å².